The van der Waals surface area contributed by atoms with Gasteiger partial charge in [0, 0.05) is 0 Å². The van der Waals surface area contributed by atoms with Crippen LogP contribution in [-0.4, -0.2) is 36.4 Å². The normalized spacial score (nSPS) is 11.4. The van der Waals surface area contributed by atoms with Crippen LogP contribution < -0.4 is 9.47 Å². The van der Waals surface area contributed by atoms with Gasteiger partial charge in [-0.25, -0.2) is 9.59 Å². The molecule has 0 heterocycles. The van der Waals surface area contributed by atoms with Crippen molar-refractivity contribution < 1.29 is 29.3 Å². The zero-order chi connectivity index (χ0) is 17.7. The van der Waals surface area contributed by atoms with Crippen LogP contribution in [0, 0.1) is 0 Å². The van der Waals surface area contributed by atoms with E-state index in [1.54, 1.807) is 24.3 Å². The summed E-state index contributed by atoms with van der Waals surface area (Å²) in [7, 11) is 2.98. The molecule has 2 aromatic rings. The molecule has 0 aromatic heterocycles. The first-order valence-corrected chi connectivity index (χ1v) is 6.97. The highest BCUT2D eigenvalue weighted by molar-refractivity contribution is 6.36. The lowest BCUT2D eigenvalue weighted by atomic mass is 9.94. The van der Waals surface area contributed by atoms with Gasteiger partial charge in [-0.15, -0.1) is 0 Å². The van der Waals surface area contributed by atoms with Crippen molar-refractivity contribution in [3.8, 4) is 11.5 Å². The molecule has 0 saturated heterocycles. The molecular formula is C18H16O6. The summed E-state index contributed by atoms with van der Waals surface area (Å²) < 4.78 is 10.1. The molecule has 0 aliphatic carbocycles. The number of hydrogen-bond acceptors (Lipinski definition) is 4. The third-order valence-corrected chi connectivity index (χ3v) is 3.44. The molecule has 0 fully saturated rings. The number of carboxylic acids is 2. The van der Waals surface area contributed by atoms with Crippen LogP contribution in [0.5, 0.6) is 11.5 Å². The van der Waals surface area contributed by atoms with E-state index in [0.717, 1.165) is 0 Å². The standard InChI is InChI=1S/C18H16O6/c1-23-13-7-3-11(4-8-13)15(17(19)20)16(18(21)22)12-5-9-14(24-2)10-6-12/h3-10H,1-2H3,(H,19,20)(H,21,22)/b16-15+. The van der Waals surface area contributed by atoms with Gasteiger partial charge >= 0.3 is 11.9 Å². The van der Waals surface area contributed by atoms with Crippen molar-refractivity contribution in [2.75, 3.05) is 14.2 Å². The molecule has 0 aliphatic rings. The van der Waals surface area contributed by atoms with Crippen LogP contribution in [0.1, 0.15) is 11.1 Å². The third kappa shape index (κ3) is 3.55. The maximum atomic E-state index is 11.7. The van der Waals surface area contributed by atoms with E-state index >= 15 is 0 Å². The van der Waals surface area contributed by atoms with Gasteiger partial charge in [-0.3, -0.25) is 0 Å². The Balaban J connectivity index is 2.66. The highest BCUT2D eigenvalue weighted by Gasteiger charge is 2.23. The summed E-state index contributed by atoms with van der Waals surface area (Å²) in [5.41, 5.74) is -0.0429. The SMILES string of the molecule is COc1ccc(/C(C(=O)O)=C(\C(=O)O)c2ccc(OC)cc2)cc1. The van der Waals surface area contributed by atoms with Gasteiger partial charge in [0.15, 0.2) is 0 Å². The minimum Gasteiger partial charge on any atom is -0.497 e. The highest BCUT2D eigenvalue weighted by Crippen LogP contribution is 2.29. The van der Waals surface area contributed by atoms with Crippen molar-refractivity contribution in [1.29, 1.82) is 0 Å². The molecule has 0 bridgehead atoms. The first-order chi connectivity index (χ1) is 11.5. The predicted octanol–water partition coefficient (Wildman–Crippen LogP) is 2.78. The van der Waals surface area contributed by atoms with Gasteiger partial charge in [0.1, 0.15) is 11.5 Å². The van der Waals surface area contributed by atoms with Crippen LogP contribution in [-0.2, 0) is 9.59 Å². The summed E-state index contributed by atoms with van der Waals surface area (Å²) >= 11 is 0. The molecule has 2 rings (SSSR count). The van der Waals surface area contributed by atoms with Crippen molar-refractivity contribution in [1.82, 2.24) is 0 Å². The maximum Gasteiger partial charge on any atom is 0.337 e. The predicted molar refractivity (Wildman–Crippen MR) is 88.1 cm³/mol. The monoisotopic (exact) mass is 328 g/mol. The number of benzene rings is 2. The Bertz CT molecular complexity index is 705. The van der Waals surface area contributed by atoms with Crippen molar-refractivity contribution >= 4 is 23.1 Å². The summed E-state index contributed by atoms with van der Waals surface area (Å²) in [6.07, 6.45) is 0. The second kappa shape index (κ2) is 7.32. The number of carboxylic acid groups (broad SMARTS) is 2. The van der Waals surface area contributed by atoms with Crippen LogP contribution in [0.15, 0.2) is 48.5 Å². The average Bonchev–Trinajstić information content (AvgIpc) is 2.59. The molecule has 0 spiro atoms. The highest BCUT2D eigenvalue weighted by atomic mass is 16.5. The van der Waals surface area contributed by atoms with Crippen LogP contribution >= 0.6 is 0 Å². The number of carbonyl (C=O) groups is 2. The summed E-state index contributed by atoms with van der Waals surface area (Å²) in [5.74, 6) is -1.56. The zero-order valence-electron chi connectivity index (χ0n) is 13.1. The number of methoxy groups -OCH3 is 2. The van der Waals surface area contributed by atoms with E-state index in [1.165, 1.54) is 38.5 Å². The molecule has 0 aliphatic heterocycles. The van der Waals surface area contributed by atoms with Gasteiger partial charge in [-0.05, 0) is 35.4 Å². The lowest BCUT2D eigenvalue weighted by Gasteiger charge is -2.11. The Morgan fingerprint density at radius 1 is 0.667 bits per heavy atom. The van der Waals surface area contributed by atoms with E-state index in [2.05, 4.69) is 0 Å². The first kappa shape index (κ1) is 17.1. The van der Waals surface area contributed by atoms with Crippen LogP contribution in [0.2, 0.25) is 0 Å². The fraction of sp³-hybridized carbons (Fsp3) is 0.111. The lowest BCUT2D eigenvalue weighted by molar-refractivity contribution is -0.132. The Morgan fingerprint density at radius 2 is 0.958 bits per heavy atom. The zero-order valence-corrected chi connectivity index (χ0v) is 13.1. The van der Waals surface area contributed by atoms with Crippen LogP contribution in [0.4, 0.5) is 0 Å². The van der Waals surface area contributed by atoms with E-state index in [-0.39, 0.29) is 22.3 Å². The topological polar surface area (TPSA) is 93.1 Å². The van der Waals surface area contributed by atoms with E-state index < -0.39 is 11.9 Å². The number of hydrogen-bond donors (Lipinski definition) is 2. The van der Waals surface area contributed by atoms with Crippen molar-refractivity contribution in [3.05, 3.63) is 59.7 Å². The van der Waals surface area contributed by atoms with E-state index in [1.807, 2.05) is 0 Å². The number of rotatable bonds is 6. The first-order valence-electron chi connectivity index (χ1n) is 6.97. The lowest BCUT2D eigenvalue weighted by Crippen LogP contribution is -2.10. The van der Waals surface area contributed by atoms with Gasteiger partial charge in [0.2, 0.25) is 0 Å². The molecule has 0 atom stereocenters. The minimum atomic E-state index is -1.33. The van der Waals surface area contributed by atoms with Gasteiger partial charge in [-0.1, -0.05) is 24.3 Å². The Labute approximate surface area is 138 Å². The van der Waals surface area contributed by atoms with E-state index in [4.69, 9.17) is 9.47 Å². The van der Waals surface area contributed by atoms with Gasteiger partial charge < -0.3 is 19.7 Å². The fourth-order valence-electron chi connectivity index (χ4n) is 2.26. The Kier molecular flexibility index (Phi) is 5.21. The van der Waals surface area contributed by atoms with Gasteiger partial charge in [-0.2, -0.15) is 0 Å². The van der Waals surface area contributed by atoms with Crippen LogP contribution in [0.25, 0.3) is 11.1 Å². The van der Waals surface area contributed by atoms with Crippen molar-refractivity contribution in [3.63, 3.8) is 0 Å². The second-order valence-corrected chi connectivity index (χ2v) is 4.82. The molecule has 124 valence electrons. The molecule has 6 nitrogen and oxygen atoms in total. The fourth-order valence-corrected chi connectivity index (χ4v) is 2.26. The summed E-state index contributed by atoms with van der Waals surface area (Å²) in [4.78, 5) is 23.4. The minimum absolute atomic E-state index is 0.275. The Hall–Kier alpha value is -3.28. The average molecular weight is 328 g/mol. The molecular weight excluding hydrogens is 312 g/mol. The third-order valence-electron chi connectivity index (χ3n) is 3.44. The van der Waals surface area contributed by atoms with Crippen molar-refractivity contribution in [2.24, 2.45) is 0 Å². The quantitative estimate of drug-likeness (QED) is 0.625. The maximum absolute atomic E-state index is 11.7. The summed E-state index contributed by atoms with van der Waals surface area (Å²) in [6.45, 7) is 0. The summed E-state index contributed by atoms with van der Waals surface area (Å²) in [5, 5.41) is 19.1. The molecule has 0 radical (unpaired) electrons. The van der Waals surface area contributed by atoms with Gasteiger partial charge in [0.25, 0.3) is 0 Å². The molecule has 0 unspecified atom stereocenters. The molecule has 6 heteroatoms. The molecule has 24 heavy (non-hydrogen) atoms. The molecule has 2 aromatic carbocycles. The van der Waals surface area contributed by atoms with Crippen molar-refractivity contribution in [2.45, 2.75) is 0 Å². The smallest absolute Gasteiger partial charge is 0.337 e. The molecule has 0 amide bonds. The van der Waals surface area contributed by atoms with E-state index in [9.17, 15) is 19.8 Å². The Morgan fingerprint density at radius 3 is 1.17 bits per heavy atom. The number of aliphatic carboxylic acids is 2. The largest absolute Gasteiger partial charge is 0.497 e. The number of ether oxygens (including phenoxy) is 2. The molecule has 0 saturated carbocycles. The van der Waals surface area contributed by atoms with Crippen LogP contribution in [0.3, 0.4) is 0 Å². The summed E-state index contributed by atoms with van der Waals surface area (Å²) in [6, 6.07) is 12.3. The second-order valence-electron chi connectivity index (χ2n) is 4.82. The van der Waals surface area contributed by atoms with E-state index in [0.29, 0.717) is 11.5 Å². The molecule has 2 N–H and O–H groups in total. The van der Waals surface area contributed by atoms with Gasteiger partial charge in [0.05, 0.1) is 25.4 Å².